The number of nitrogens with one attached hydrogen (secondary N) is 1. The van der Waals surface area contributed by atoms with Gasteiger partial charge in [-0.05, 0) is 31.7 Å². The van der Waals surface area contributed by atoms with E-state index in [1.807, 2.05) is 30.3 Å². The molecule has 6 heteroatoms. The number of aliphatic hydroxyl groups is 1. The van der Waals surface area contributed by atoms with Crippen molar-refractivity contribution in [3.05, 3.63) is 35.9 Å². The number of hydrogen-bond donors (Lipinski definition) is 3. The molecule has 132 valence electrons. The van der Waals surface area contributed by atoms with Crippen LogP contribution in [0.1, 0.15) is 31.7 Å². The highest BCUT2D eigenvalue weighted by molar-refractivity contribution is 5.75. The largest absolute Gasteiger partial charge is 0.481 e. The number of rotatable bonds is 7. The number of carbonyl (C=O) groups is 2. The van der Waals surface area contributed by atoms with Gasteiger partial charge in [0.2, 0.25) is 0 Å². The second kappa shape index (κ2) is 8.68. The summed E-state index contributed by atoms with van der Waals surface area (Å²) in [6, 6.07) is 9.33. The molecule has 3 unspecified atom stereocenters. The highest BCUT2D eigenvalue weighted by atomic mass is 16.4. The predicted molar refractivity (Wildman–Crippen MR) is 90.7 cm³/mol. The van der Waals surface area contributed by atoms with E-state index in [1.165, 1.54) is 0 Å². The van der Waals surface area contributed by atoms with Crippen LogP contribution in [0.25, 0.3) is 0 Å². The number of carboxylic acid groups (broad SMARTS) is 1. The first kappa shape index (κ1) is 18.3. The van der Waals surface area contributed by atoms with Crippen molar-refractivity contribution in [2.24, 2.45) is 5.92 Å². The molecule has 1 aliphatic heterocycles. The van der Waals surface area contributed by atoms with E-state index in [0.29, 0.717) is 25.9 Å². The molecule has 1 fully saturated rings. The fourth-order valence-electron chi connectivity index (χ4n) is 3.05. The highest BCUT2D eigenvalue weighted by Crippen LogP contribution is 2.20. The Morgan fingerprint density at radius 3 is 2.62 bits per heavy atom. The van der Waals surface area contributed by atoms with Crippen LogP contribution in [0.4, 0.5) is 4.79 Å². The monoisotopic (exact) mass is 334 g/mol. The van der Waals surface area contributed by atoms with Crippen LogP contribution in [0.3, 0.4) is 0 Å². The SMILES string of the molecule is CC(O)C1CCN(C(=O)NC(CCC(=O)O)Cc2ccccc2)C1. The molecule has 1 heterocycles. The lowest BCUT2D eigenvalue weighted by atomic mass is 10.0. The average Bonchev–Trinajstić information content (AvgIpc) is 3.04. The van der Waals surface area contributed by atoms with Crippen molar-refractivity contribution in [3.63, 3.8) is 0 Å². The Morgan fingerprint density at radius 2 is 2.04 bits per heavy atom. The van der Waals surface area contributed by atoms with Gasteiger partial charge in [-0.15, -0.1) is 0 Å². The number of nitrogens with zero attached hydrogens (tertiary/aromatic N) is 1. The highest BCUT2D eigenvalue weighted by Gasteiger charge is 2.30. The van der Waals surface area contributed by atoms with E-state index in [1.54, 1.807) is 11.8 Å². The summed E-state index contributed by atoms with van der Waals surface area (Å²) in [6.45, 7) is 2.91. The maximum atomic E-state index is 12.4. The third-order valence-corrected chi connectivity index (χ3v) is 4.55. The number of urea groups is 1. The standard InChI is InChI=1S/C18H26N2O4/c1-13(21)15-9-10-20(12-15)18(24)19-16(7-8-17(22)23)11-14-5-3-2-4-6-14/h2-6,13,15-16,21H,7-12H2,1H3,(H,19,24)(H,22,23). The maximum absolute atomic E-state index is 12.4. The zero-order valence-electron chi connectivity index (χ0n) is 14.0. The number of carboxylic acids is 1. The van der Waals surface area contributed by atoms with Crippen LogP contribution in [-0.4, -0.2) is 52.3 Å². The number of likely N-dealkylation sites (tertiary alicyclic amines) is 1. The molecule has 0 aromatic heterocycles. The zero-order valence-corrected chi connectivity index (χ0v) is 14.0. The molecule has 0 spiro atoms. The summed E-state index contributed by atoms with van der Waals surface area (Å²) in [6.07, 6.45) is 1.39. The molecule has 0 saturated carbocycles. The Hall–Kier alpha value is -2.08. The molecular weight excluding hydrogens is 308 g/mol. The number of hydrogen-bond acceptors (Lipinski definition) is 3. The molecule has 0 radical (unpaired) electrons. The summed E-state index contributed by atoms with van der Waals surface area (Å²) in [5.74, 6) is -0.750. The van der Waals surface area contributed by atoms with Crippen LogP contribution in [0.15, 0.2) is 30.3 Å². The lowest BCUT2D eigenvalue weighted by Gasteiger charge is -2.23. The maximum Gasteiger partial charge on any atom is 0.317 e. The second-order valence-electron chi connectivity index (χ2n) is 6.50. The van der Waals surface area contributed by atoms with Gasteiger partial charge in [0, 0.05) is 31.5 Å². The fraction of sp³-hybridized carbons (Fsp3) is 0.556. The lowest BCUT2D eigenvalue weighted by molar-refractivity contribution is -0.137. The quantitative estimate of drug-likeness (QED) is 0.710. The first-order valence-corrected chi connectivity index (χ1v) is 8.45. The van der Waals surface area contributed by atoms with Gasteiger partial charge in [0.05, 0.1) is 6.10 Å². The third kappa shape index (κ3) is 5.53. The molecule has 1 aromatic carbocycles. The molecule has 1 aromatic rings. The van der Waals surface area contributed by atoms with Gasteiger partial charge >= 0.3 is 12.0 Å². The smallest absolute Gasteiger partial charge is 0.317 e. The van der Waals surface area contributed by atoms with Gasteiger partial charge in [0.1, 0.15) is 0 Å². The number of aliphatic carboxylic acids is 1. The number of benzene rings is 1. The van der Waals surface area contributed by atoms with Crippen molar-refractivity contribution in [2.45, 2.75) is 44.8 Å². The minimum Gasteiger partial charge on any atom is -0.481 e. The van der Waals surface area contributed by atoms with E-state index in [2.05, 4.69) is 5.32 Å². The minimum absolute atomic E-state index is 0.0219. The lowest BCUT2D eigenvalue weighted by Crippen LogP contribution is -2.45. The molecule has 6 nitrogen and oxygen atoms in total. The topological polar surface area (TPSA) is 89.9 Å². The first-order valence-electron chi connectivity index (χ1n) is 8.45. The molecule has 1 aliphatic rings. The number of aliphatic hydroxyl groups excluding tert-OH is 1. The molecule has 2 amide bonds. The van der Waals surface area contributed by atoms with E-state index in [0.717, 1.165) is 12.0 Å². The van der Waals surface area contributed by atoms with Crippen molar-refractivity contribution >= 4 is 12.0 Å². The van der Waals surface area contributed by atoms with Crippen LogP contribution in [0.2, 0.25) is 0 Å². The Kier molecular flexibility index (Phi) is 6.61. The summed E-state index contributed by atoms with van der Waals surface area (Å²) in [5, 5.41) is 21.5. The minimum atomic E-state index is -0.863. The van der Waals surface area contributed by atoms with Crippen LogP contribution in [-0.2, 0) is 11.2 Å². The van der Waals surface area contributed by atoms with Crippen molar-refractivity contribution in [1.29, 1.82) is 0 Å². The van der Waals surface area contributed by atoms with Gasteiger partial charge < -0.3 is 20.4 Å². The Labute approximate surface area is 142 Å². The molecular formula is C18H26N2O4. The molecule has 0 bridgehead atoms. The molecule has 1 saturated heterocycles. The van der Waals surface area contributed by atoms with Crippen molar-refractivity contribution in [2.75, 3.05) is 13.1 Å². The first-order chi connectivity index (χ1) is 11.5. The van der Waals surface area contributed by atoms with Gasteiger partial charge in [-0.25, -0.2) is 4.79 Å². The summed E-state index contributed by atoms with van der Waals surface area (Å²) in [7, 11) is 0. The molecule has 0 aliphatic carbocycles. The average molecular weight is 334 g/mol. The molecule has 24 heavy (non-hydrogen) atoms. The Balaban J connectivity index is 1.94. The van der Waals surface area contributed by atoms with Crippen LogP contribution >= 0.6 is 0 Å². The second-order valence-corrected chi connectivity index (χ2v) is 6.50. The number of carbonyl (C=O) groups excluding carboxylic acids is 1. The van der Waals surface area contributed by atoms with Gasteiger partial charge in [0.15, 0.2) is 0 Å². The van der Waals surface area contributed by atoms with Gasteiger partial charge in [-0.3, -0.25) is 4.79 Å². The van der Waals surface area contributed by atoms with E-state index in [-0.39, 0.29) is 24.4 Å². The molecule has 3 N–H and O–H groups in total. The molecule has 3 atom stereocenters. The van der Waals surface area contributed by atoms with Gasteiger partial charge in [-0.2, -0.15) is 0 Å². The van der Waals surface area contributed by atoms with Gasteiger partial charge in [-0.1, -0.05) is 30.3 Å². The van der Waals surface area contributed by atoms with Crippen molar-refractivity contribution in [1.82, 2.24) is 10.2 Å². The Morgan fingerprint density at radius 1 is 1.33 bits per heavy atom. The van der Waals surface area contributed by atoms with E-state index in [4.69, 9.17) is 5.11 Å². The van der Waals surface area contributed by atoms with Crippen molar-refractivity contribution in [3.8, 4) is 0 Å². The van der Waals surface area contributed by atoms with E-state index < -0.39 is 12.1 Å². The number of amides is 2. The third-order valence-electron chi connectivity index (χ3n) is 4.55. The normalized spacial score (nSPS) is 19.8. The van der Waals surface area contributed by atoms with Crippen LogP contribution in [0.5, 0.6) is 0 Å². The van der Waals surface area contributed by atoms with Gasteiger partial charge in [0.25, 0.3) is 0 Å². The van der Waals surface area contributed by atoms with Crippen LogP contribution < -0.4 is 5.32 Å². The van der Waals surface area contributed by atoms with Crippen LogP contribution in [0, 0.1) is 5.92 Å². The van der Waals surface area contributed by atoms with E-state index in [9.17, 15) is 14.7 Å². The summed E-state index contributed by atoms with van der Waals surface area (Å²) >= 11 is 0. The summed E-state index contributed by atoms with van der Waals surface area (Å²) in [4.78, 5) is 25.0. The molecule has 2 rings (SSSR count). The van der Waals surface area contributed by atoms with E-state index >= 15 is 0 Å². The Bertz CT molecular complexity index is 547. The summed E-state index contributed by atoms with van der Waals surface area (Å²) in [5.41, 5.74) is 1.07. The predicted octanol–water partition coefficient (Wildman–Crippen LogP) is 1.87. The van der Waals surface area contributed by atoms with Crippen molar-refractivity contribution < 1.29 is 19.8 Å². The fourth-order valence-corrected chi connectivity index (χ4v) is 3.05. The zero-order chi connectivity index (χ0) is 17.5. The summed E-state index contributed by atoms with van der Waals surface area (Å²) < 4.78 is 0.